The predicted octanol–water partition coefficient (Wildman–Crippen LogP) is 1.94. The summed E-state index contributed by atoms with van der Waals surface area (Å²) in [7, 11) is 1.59. The summed E-state index contributed by atoms with van der Waals surface area (Å²) < 4.78 is 5.17. The molecule has 2 rings (SSSR count). The number of nitrogens with one attached hydrogen (secondary N) is 1. The van der Waals surface area contributed by atoms with Gasteiger partial charge in [-0.15, -0.1) is 11.6 Å². The lowest BCUT2D eigenvalue weighted by atomic mass is 10.2. The summed E-state index contributed by atoms with van der Waals surface area (Å²) in [6.45, 7) is 0.485. The summed E-state index contributed by atoms with van der Waals surface area (Å²) in [5, 5.41) is 2.88. The van der Waals surface area contributed by atoms with E-state index in [4.69, 9.17) is 16.3 Å². The second-order valence-corrected chi connectivity index (χ2v) is 5.34. The van der Waals surface area contributed by atoms with Gasteiger partial charge < -0.3 is 15.0 Å². The average molecular weight is 311 g/mol. The monoisotopic (exact) mass is 310 g/mol. The van der Waals surface area contributed by atoms with E-state index in [1.54, 1.807) is 12.0 Å². The van der Waals surface area contributed by atoms with E-state index in [0.29, 0.717) is 37.4 Å². The van der Waals surface area contributed by atoms with Gasteiger partial charge in [-0.05, 0) is 18.6 Å². The van der Waals surface area contributed by atoms with Gasteiger partial charge in [-0.25, -0.2) is 0 Å². The third kappa shape index (κ3) is 4.11. The molecule has 1 aromatic rings. The molecule has 1 saturated heterocycles. The van der Waals surface area contributed by atoms with Crippen LogP contribution < -0.4 is 15.0 Å². The van der Waals surface area contributed by atoms with Crippen LogP contribution in [0.2, 0.25) is 0 Å². The second kappa shape index (κ2) is 7.31. The van der Waals surface area contributed by atoms with Gasteiger partial charge in [-0.2, -0.15) is 0 Å². The highest BCUT2D eigenvalue weighted by Gasteiger charge is 2.31. The third-order valence-electron chi connectivity index (χ3n) is 3.39. The molecule has 0 bridgehead atoms. The van der Waals surface area contributed by atoms with Crippen molar-refractivity contribution in [2.75, 3.05) is 24.4 Å². The number of methoxy groups -OCH3 is 1. The SMILES string of the molecule is COc1cccc(N2C[C@@H](NC(=O)CCCCl)CC2=O)c1. The molecule has 0 aromatic heterocycles. The molecule has 0 unspecified atom stereocenters. The lowest BCUT2D eigenvalue weighted by molar-refractivity contribution is -0.121. The zero-order chi connectivity index (χ0) is 15.2. The zero-order valence-electron chi connectivity index (χ0n) is 12.0. The van der Waals surface area contributed by atoms with Crippen molar-refractivity contribution >= 4 is 29.1 Å². The number of carbonyl (C=O) groups is 2. The molecule has 1 aliphatic heterocycles. The van der Waals surface area contributed by atoms with Crippen LogP contribution in [0.25, 0.3) is 0 Å². The van der Waals surface area contributed by atoms with Crippen LogP contribution in [0.4, 0.5) is 5.69 Å². The predicted molar refractivity (Wildman–Crippen MR) is 81.8 cm³/mol. The number of nitrogens with zero attached hydrogens (tertiary/aromatic N) is 1. The molecule has 0 radical (unpaired) electrons. The average Bonchev–Trinajstić information content (AvgIpc) is 2.85. The van der Waals surface area contributed by atoms with Gasteiger partial charge in [0.1, 0.15) is 5.75 Å². The lowest BCUT2D eigenvalue weighted by Gasteiger charge is -2.18. The van der Waals surface area contributed by atoms with Crippen LogP contribution in [0.1, 0.15) is 19.3 Å². The van der Waals surface area contributed by atoms with E-state index in [9.17, 15) is 9.59 Å². The molecule has 2 amide bonds. The van der Waals surface area contributed by atoms with Gasteiger partial charge in [0.25, 0.3) is 0 Å². The molecule has 0 saturated carbocycles. The summed E-state index contributed by atoms with van der Waals surface area (Å²) >= 11 is 5.56. The molecule has 114 valence electrons. The molecular weight excluding hydrogens is 292 g/mol. The molecule has 1 aliphatic rings. The standard InChI is InChI=1S/C15H19ClN2O3/c1-21-13-5-2-4-12(9-13)18-10-11(8-15(18)20)17-14(19)6-3-7-16/h2,4-5,9,11H,3,6-8,10H2,1H3,(H,17,19)/t11-/m0/s1. The van der Waals surface area contributed by atoms with Gasteiger partial charge >= 0.3 is 0 Å². The fourth-order valence-corrected chi connectivity index (χ4v) is 2.49. The summed E-state index contributed by atoms with van der Waals surface area (Å²) in [6, 6.07) is 7.20. The van der Waals surface area contributed by atoms with Crippen LogP contribution in [0.3, 0.4) is 0 Å². The highest BCUT2D eigenvalue weighted by Crippen LogP contribution is 2.25. The van der Waals surface area contributed by atoms with Crippen LogP contribution >= 0.6 is 11.6 Å². The van der Waals surface area contributed by atoms with Gasteiger partial charge in [0.2, 0.25) is 11.8 Å². The number of halogens is 1. The number of alkyl halides is 1. The first-order valence-electron chi connectivity index (χ1n) is 6.93. The molecule has 1 atom stereocenters. The van der Waals surface area contributed by atoms with Gasteiger partial charge in [0.05, 0.1) is 13.2 Å². The van der Waals surface area contributed by atoms with E-state index in [2.05, 4.69) is 5.32 Å². The van der Waals surface area contributed by atoms with Crippen molar-refractivity contribution in [1.29, 1.82) is 0 Å². The Morgan fingerprint density at radius 2 is 2.33 bits per heavy atom. The molecule has 1 N–H and O–H groups in total. The molecule has 1 aromatic carbocycles. The van der Waals surface area contributed by atoms with Gasteiger partial charge in [-0.3, -0.25) is 9.59 Å². The summed E-state index contributed by atoms with van der Waals surface area (Å²) in [5.41, 5.74) is 0.789. The summed E-state index contributed by atoms with van der Waals surface area (Å²) in [5.74, 6) is 1.12. The number of rotatable bonds is 6. The van der Waals surface area contributed by atoms with Crippen molar-refractivity contribution in [3.63, 3.8) is 0 Å². The minimum atomic E-state index is -0.147. The van der Waals surface area contributed by atoms with E-state index >= 15 is 0 Å². The molecule has 1 fully saturated rings. The van der Waals surface area contributed by atoms with E-state index in [1.807, 2.05) is 24.3 Å². The van der Waals surface area contributed by atoms with Crippen molar-refractivity contribution < 1.29 is 14.3 Å². The first-order valence-corrected chi connectivity index (χ1v) is 7.47. The van der Waals surface area contributed by atoms with Crippen molar-refractivity contribution in [3.8, 4) is 5.75 Å². The van der Waals surface area contributed by atoms with Crippen LogP contribution in [-0.4, -0.2) is 37.4 Å². The van der Waals surface area contributed by atoms with Crippen LogP contribution in [-0.2, 0) is 9.59 Å². The van der Waals surface area contributed by atoms with E-state index in [0.717, 1.165) is 5.69 Å². The number of carbonyl (C=O) groups excluding carboxylic acids is 2. The van der Waals surface area contributed by atoms with Crippen LogP contribution in [0.15, 0.2) is 24.3 Å². The number of benzene rings is 1. The normalized spacial score (nSPS) is 17.9. The first-order chi connectivity index (χ1) is 10.1. The molecule has 0 aliphatic carbocycles. The van der Waals surface area contributed by atoms with Crippen molar-refractivity contribution in [2.45, 2.75) is 25.3 Å². The van der Waals surface area contributed by atoms with Crippen LogP contribution in [0.5, 0.6) is 5.75 Å². The van der Waals surface area contributed by atoms with Crippen molar-refractivity contribution in [3.05, 3.63) is 24.3 Å². The molecule has 21 heavy (non-hydrogen) atoms. The Hall–Kier alpha value is -1.75. The lowest BCUT2D eigenvalue weighted by Crippen LogP contribution is -2.37. The fraction of sp³-hybridized carbons (Fsp3) is 0.467. The minimum absolute atomic E-state index is 0.00546. The van der Waals surface area contributed by atoms with Crippen molar-refractivity contribution in [2.24, 2.45) is 0 Å². The summed E-state index contributed by atoms with van der Waals surface area (Å²) in [4.78, 5) is 25.5. The molecule has 5 nitrogen and oxygen atoms in total. The van der Waals surface area contributed by atoms with Gasteiger partial charge in [0.15, 0.2) is 0 Å². The van der Waals surface area contributed by atoms with Gasteiger partial charge in [0, 0.05) is 37.0 Å². The number of hydrogen-bond acceptors (Lipinski definition) is 3. The van der Waals surface area contributed by atoms with Crippen molar-refractivity contribution in [1.82, 2.24) is 5.32 Å². The molecule has 6 heteroatoms. The fourth-order valence-electron chi connectivity index (χ4n) is 2.36. The highest BCUT2D eigenvalue weighted by atomic mass is 35.5. The maximum atomic E-state index is 12.1. The number of ether oxygens (including phenoxy) is 1. The van der Waals surface area contributed by atoms with Crippen LogP contribution in [0, 0.1) is 0 Å². The minimum Gasteiger partial charge on any atom is -0.497 e. The Labute approximate surface area is 129 Å². The Morgan fingerprint density at radius 1 is 1.52 bits per heavy atom. The Balaban J connectivity index is 1.97. The third-order valence-corrected chi connectivity index (χ3v) is 3.66. The highest BCUT2D eigenvalue weighted by molar-refractivity contribution is 6.17. The molecule has 1 heterocycles. The Morgan fingerprint density at radius 3 is 3.05 bits per heavy atom. The maximum Gasteiger partial charge on any atom is 0.229 e. The quantitative estimate of drug-likeness (QED) is 0.817. The van der Waals surface area contributed by atoms with E-state index in [1.165, 1.54) is 0 Å². The van der Waals surface area contributed by atoms with Gasteiger partial charge in [-0.1, -0.05) is 6.07 Å². The largest absolute Gasteiger partial charge is 0.497 e. The zero-order valence-corrected chi connectivity index (χ0v) is 12.7. The van der Waals surface area contributed by atoms with E-state index < -0.39 is 0 Å². The molecule has 0 spiro atoms. The second-order valence-electron chi connectivity index (χ2n) is 4.97. The van der Waals surface area contributed by atoms with E-state index in [-0.39, 0.29) is 17.9 Å². The number of amides is 2. The topological polar surface area (TPSA) is 58.6 Å². The Kier molecular flexibility index (Phi) is 5.44. The number of anilines is 1. The maximum absolute atomic E-state index is 12.1. The first kappa shape index (κ1) is 15.6. The molecular formula is C15H19ClN2O3. The smallest absolute Gasteiger partial charge is 0.229 e. The number of hydrogen-bond donors (Lipinski definition) is 1. The Bertz CT molecular complexity index is 521. The summed E-state index contributed by atoms with van der Waals surface area (Å²) in [6.07, 6.45) is 1.37.